The lowest BCUT2D eigenvalue weighted by Gasteiger charge is -2.06. The van der Waals surface area contributed by atoms with Crippen LogP contribution in [0.3, 0.4) is 0 Å². The van der Waals surface area contributed by atoms with Gasteiger partial charge in [0.25, 0.3) is 5.69 Å². The first-order chi connectivity index (χ1) is 7.65. The first-order valence-electron chi connectivity index (χ1n) is 4.85. The molecule has 1 rings (SSSR count). The van der Waals surface area contributed by atoms with Crippen molar-refractivity contribution in [2.45, 2.75) is 6.42 Å². The molecule has 2 N–H and O–H groups in total. The van der Waals surface area contributed by atoms with Crippen LogP contribution in [0.25, 0.3) is 0 Å². The number of nitrogens with one attached hydrogen (secondary N) is 1. The van der Waals surface area contributed by atoms with Crippen molar-refractivity contribution in [3.05, 3.63) is 28.3 Å². The molecule has 0 saturated carbocycles. The highest BCUT2D eigenvalue weighted by atomic mass is 16.6. The van der Waals surface area contributed by atoms with Gasteiger partial charge in [-0.3, -0.25) is 10.1 Å². The Labute approximate surface area is 93.0 Å². The second kappa shape index (κ2) is 5.92. The number of nitro groups is 1. The quantitative estimate of drug-likeness (QED) is 0.438. The molecule has 0 saturated heterocycles. The van der Waals surface area contributed by atoms with E-state index in [-0.39, 0.29) is 11.4 Å². The first-order valence-corrected chi connectivity index (χ1v) is 4.85. The molecular weight excluding hydrogens is 212 g/mol. The van der Waals surface area contributed by atoms with Crippen LogP contribution in [0.5, 0.6) is 5.75 Å². The van der Waals surface area contributed by atoms with Crippen LogP contribution in [0.2, 0.25) is 0 Å². The van der Waals surface area contributed by atoms with E-state index in [0.717, 1.165) is 6.42 Å². The number of aromatic hydroxyl groups is 1. The Morgan fingerprint density at radius 2 is 2.31 bits per heavy atom. The van der Waals surface area contributed by atoms with E-state index in [4.69, 9.17) is 4.74 Å². The summed E-state index contributed by atoms with van der Waals surface area (Å²) in [6.07, 6.45) is 0.739. The number of benzene rings is 1. The number of hydrogen-bond donors (Lipinski definition) is 2. The van der Waals surface area contributed by atoms with Crippen molar-refractivity contribution in [3.63, 3.8) is 0 Å². The zero-order chi connectivity index (χ0) is 12.0. The number of nitro benzene ring substituents is 1. The molecule has 0 heterocycles. The van der Waals surface area contributed by atoms with Gasteiger partial charge in [0.05, 0.1) is 4.92 Å². The lowest BCUT2D eigenvalue weighted by atomic mass is 10.2. The molecule has 0 spiro atoms. The van der Waals surface area contributed by atoms with Crippen LogP contribution in [-0.2, 0) is 4.74 Å². The van der Waals surface area contributed by atoms with Gasteiger partial charge in [0, 0.05) is 32.4 Å². The maximum atomic E-state index is 10.7. The molecule has 0 radical (unpaired) electrons. The van der Waals surface area contributed by atoms with E-state index in [1.807, 2.05) is 0 Å². The minimum atomic E-state index is -0.488. The Bertz CT molecular complexity index is 368. The number of methoxy groups -OCH3 is 1. The van der Waals surface area contributed by atoms with E-state index in [1.54, 1.807) is 7.11 Å². The molecule has 0 aliphatic rings. The molecule has 0 aromatic heterocycles. The van der Waals surface area contributed by atoms with E-state index in [9.17, 15) is 15.2 Å². The Kier molecular flexibility index (Phi) is 4.53. The van der Waals surface area contributed by atoms with Crippen molar-refractivity contribution in [1.82, 2.24) is 0 Å². The molecule has 0 fully saturated rings. The largest absolute Gasteiger partial charge is 0.508 e. The Morgan fingerprint density at radius 1 is 1.56 bits per heavy atom. The zero-order valence-corrected chi connectivity index (χ0v) is 8.97. The second-order valence-electron chi connectivity index (χ2n) is 3.23. The van der Waals surface area contributed by atoms with Gasteiger partial charge in [-0.2, -0.15) is 0 Å². The standard InChI is InChI=1S/C10H14N2O4/c1-16-6-2-5-11-9-7-8(13)3-4-10(9)12(14)15/h3-4,7,11,13H,2,5-6H2,1H3. The summed E-state index contributed by atoms with van der Waals surface area (Å²) in [4.78, 5) is 10.2. The third kappa shape index (κ3) is 3.39. The molecule has 88 valence electrons. The van der Waals surface area contributed by atoms with Gasteiger partial charge in [0.1, 0.15) is 11.4 Å². The van der Waals surface area contributed by atoms with Gasteiger partial charge >= 0.3 is 0 Å². The molecule has 1 aromatic rings. The monoisotopic (exact) mass is 226 g/mol. The summed E-state index contributed by atoms with van der Waals surface area (Å²) in [5, 5.41) is 22.8. The third-order valence-corrected chi connectivity index (χ3v) is 2.02. The van der Waals surface area contributed by atoms with Crippen molar-refractivity contribution in [1.29, 1.82) is 0 Å². The molecule has 0 aliphatic heterocycles. The lowest BCUT2D eigenvalue weighted by molar-refractivity contribution is -0.384. The van der Waals surface area contributed by atoms with E-state index < -0.39 is 4.92 Å². The average molecular weight is 226 g/mol. The van der Waals surface area contributed by atoms with Gasteiger partial charge < -0.3 is 15.2 Å². The zero-order valence-electron chi connectivity index (χ0n) is 8.97. The molecule has 1 aromatic carbocycles. The molecule has 6 heteroatoms. The Hall–Kier alpha value is -1.82. The highest BCUT2D eigenvalue weighted by molar-refractivity contribution is 5.63. The maximum absolute atomic E-state index is 10.7. The summed E-state index contributed by atoms with van der Waals surface area (Å²) in [6.45, 7) is 1.14. The van der Waals surface area contributed by atoms with E-state index in [1.165, 1.54) is 18.2 Å². The molecule has 0 unspecified atom stereocenters. The molecule has 0 atom stereocenters. The van der Waals surface area contributed by atoms with Gasteiger partial charge in [0.2, 0.25) is 0 Å². The molecule has 0 aliphatic carbocycles. The predicted octanol–water partition coefficient (Wildman–Crippen LogP) is 1.75. The summed E-state index contributed by atoms with van der Waals surface area (Å²) in [5.74, 6) is -0.000147. The summed E-state index contributed by atoms with van der Waals surface area (Å²) in [6, 6.07) is 3.90. The topological polar surface area (TPSA) is 84.6 Å². The van der Waals surface area contributed by atoms with Gasteiger partial charge in [-0.15, -0.1) is 0 Å². The lowest BCUT2D eigenvalue weighted by Crippen LogP contribution is -2.06. The van der Waals surface area contributed by atoms with Crippen LogP contribution in [0.15, 0.2) is 18.2 Å². The fourth-order valence-electron chi connectivity index (χ4n) is 1.26. The van der Waals surface area contributed by atoms with Gasteiger partial charge in [0.15, 0.2) is 0 Å². The highest BCUT2D eigenvalue weighted by Gasteiger charge is 2.13. The van der Waals surface area contributed by atoms with Crippen molar-refractivity contribution < 1.29 is 14.8 Å². The smallest absolute Gasteiger partial charge is 0.292 e. The summed E-state index contributed by atoms with van der Waals surface area (Å²) in [7, 11) is 1.59. The fraction of sp³-hybridized carbons (Fsp3) is 0.400. The van der Waals surface area contributed by atoms with Crippen LogP contribution in [0.1, 0.15) is 6.42 Å². The molecule has 0 amide bonds. The van der Waals surface area contributed by atoms with Crippen molar-refractivity contribution in [3.8, 4) is 5.75 Å². The Morgan fingerprint density at radius 3 is 2.94 bits per heavy atom. The number of phenolic OH excluding ortho intramolecular Hbond substituents is 1. The molecule has 16 heavy (non-hydrogen) atoms. The Balaban J connectivity index is 2.68. The van der Waals surface area contributed by atoms with Gasteiger partial charge in [-0.1, -0.05) is 0 Å². The number of ether oxygens (including phenoxy) is 1. The van der Waals surface area contributed by atoms with E-state index in [2.05, 4.69) is 5.32 Å². The summed E-state index contributed by atoms with van der Waals surface area (Å²) < 4.78 is 4.86. The third-order valence-electron chi connectivity index (χ3n) is 2.02. The number of hydrogen-bond acceptors (Lipinski definition) is 5. The second-order valence-corrected chi connectivity index (χ2v) is 3.23. The maximum Gasteiger partial charge on any atom is 0.292 e. The van der Waals surface area contributed by atoms with Crippen LogP contribution < -0.4 is 5.32 Å². The summed E-state index contributed by atoms with van der Waals surface area (Å²) in [5.41, 5.74) is 0.274. The minimum Gasteiger partial charge on any atom is -0.508 e. The van der Waals surface area contributed by atoms with Crippen LogP contribution >= 0.6 is 0 Å². The van der Waals surface area contributed by atoms with Crippen LogP contribution in [-0.4, -0.2) is 30.3 Å². The average Bonchev–Trinajstić information content (AvgIpc) is 2.24. The number of anilines is 1. The highest BCUT2D eigenvalue weighted by Crippen LogP contribution is 2.27. The fourth-order valence-corrected chi connectivity index (χ4v) is 1.26. The number of nitrogens with zero attached hydrogens (tertiary/aromatic N) is 1. The van der Waals surface area contributed by atoms with Crippen LogP contribution in [0.4, 0.5) is 11.4 Å². The molecule has 0 bridgehead atoms. The molecular formula is C10H14N2O4. The van der Waals surface area contributed by atoms with Crippen LogP contribution in [0, 0.1) is 10.1 Å². The SMILES string of the molecule is COCCCNc1cc(O)ccc1[N+](=O)[O-]. The van der Waals surface area contributed by atoms with E-state index >= 15 is 0 Å². The molecule has 6 nitrogen and oxygen atoms in total. The minimum absolute atomic E-state index is 0.000147. The number of phenols is 1. The van der Waals surface area contributed by atoms with Crippen molar-refractivity contribution in [2.24, 2.45) is 0 Å². The van der Waals surface area contributed by atoms with E-state index in [0.29, 0.717) is 18.8 Å². The normalized spacial score (nSPS) is 10.1. The predicted molar refractivity (Wildman–Crippen MR) is 59.7 cm³/mol. The van der Waals surface area contributed by atoms with Gasteiger partial charge in [-0.25, -0.2) is 0 Å². The van der Waals surface area contributed by atoms with Gasteiger partial charge in [-0.05, 0) is 12.5 Å². The van der Waals surface area contributed by atoms with Crippen molar-refractivity contribution >= 4 is 11.4 Å². The first kappa shape index (κ1) is 12.3. The van der Waals surface area contributed by atoms with Crippen molar-refractivity contribution in [2.75, 3.05) is 25.6 Å². The number of rotatable bonds is 6. The summed E-state index contributed by atoms with van der Waals surface area (Å²) >= 11 is 0.